The third-order valence-corrected chi connectivity index (χ3v) is 10.1. The number of rotatable bonds is 10. The van der Waals surface area contributed by atoms with E-state index >= 15 is 0 Å². The van der Waals surface area contributed by atoms with Crippen LogP contribution in [0.3, 0.4) is 0 Å². The molecule has 4 heterocycles. The van der Waals surface area contributed by atoms with E-state index in [9.17, 15) is 9.90 Å². The van der Waals surface area contributed by atoms with E-state index in [4.69, 9.17) is 23.9 Å². The van der Waals surface area contributed by atoms with E-state index in [0.717, 1.165) is 84.6 Å². The Balaban J connectivity index is 1.17. The van der Waals surface area contributed by atoms with Crippen molar-refractivity contribution in [3.8, 4) is 22.8 Å². The summed E-state index contributed by atoms with van der Waals surface area (Å²) in [6.07, 6.45) is 3.38. The van der Waals surface area contributed by atoms with Crippen LogP contribution in [-0.4, -0.2) is 79.7 Å². The molecule has 0 amide bonds. The van der Waals surface area contributed by atoms with Gasteiger partial charge >= 0.3 is 5.97 Å². The van der Waals surface area contributed by atoms with E-state index in [0.29, 0.717) is 38.8 Å². The Morgan fingerprint density at radius 3 is 2.80 bits per heavy atom. The molecule has 0 spiro atoms. The highest BCUT2D eigenvalue weighted by Crippen LogP contribution is 2.38. The molecule has 2 saturated heterocycles. The average molecular weight is 622 g/mol. The fourth-order valence-electron chi connectivity index (χ4n) is 6.83. The van der Waals surface area contributed by atoms with Crippen molar-refractivity contribution in [2.24, 2.45) is 5.92 Å². The summed E-state index contributed by atoms with van der Waals surface area (Å²) < 4.78 is 23.8. The third kappa shape index (κ3) is 6.59. The highest BCUT2D eigenvalue weighted by molar-refractivity contribution is 7.14. The van der Waals surface area contributed by atoms with E-state index in [1.807, 2.05) is 13.0 Å². The number of benzene rings is 2. The van der Waals surface area contributed by atoms with Crippen LogP contribution in [0, 0.1) is 12.8 Å². The molecule has 3 aliphatic rings. The number of thiazole rings is 1. The largest absolute Gasteiger partial charge is 0.496 e. The van der Waals surface area contributed by atoms with Gasteiger partial charge in [-0.05, 0) is 68.4 Å². The Bertz CT molecular complexity index is 1440. The van der Waals surface area contributed by atoms with Crippen LogP contribution in [0.2, 0.25) is 0 Å². The molecule has 236 valence electrons. The quantitative estimate of drug-likeness (QED) is 0.312. The summed E-state index contributed by atoms with van der Waals surface area (Å²) in [6.45, 7) is 9.71. The first kappa shape index (κ1) is 30.8. The molecule has 1 aromatic heterocycles. The van der Waals surface area contributed by atoms with Crippen LogP contribution < -0.4 is 14.4 Å². The predicted molar refractivity (Wildman–Crippen MR) is 171 cm³/mol. The Labute approximate surface area is 263 Å². The van der Waals surface area contributed by atoms with Gasteiger partial charge in [0.05, 0.1) is 24.8 Å². The van der Waals surface area contributed by atoms with Crippen molar-refractivity contribution in [1.29, 1.82) is 0 Å². The number of piperidine rings is 1. The molecule has 3 aromatic rings. The lowest BCUT2D eigenvalue weighted by molar-refractivity contribution is -0.148. The predicted octanol–water partition coefficient (Wildman–Crippen LogP) is 5.56. The topological polar surface area (TPSA) is 93.6 Å². The summed E-state index contributed by atoms with van der Waals surface area (Å²) in [4.78, 5) is 21.5. The highest BCUT2D eigenvalue weighted by atomic mass is 32.1. The molecule has 6 rings (SSSR count). The lowest BCUT2D eigenvalue weighted by Gasteiger charge is -2.38. The average Bonchev–Trinajstić information content (AvgIpc) is 3.54. The second-order valence-corrected chi connectivity index (χ2v) is 12.8. The third-order valence-electron chi connectivity index (χ3n) is 9.21. The van der Waals surface area contributed by atoms with Crippen molar-refractivity contribution in [3.63, 3.8) is 0 Å². The van der Waals surface area contributed by atoms with Gasteiger partial charge in [0.15, 0.2) is 5.13 Å². The number of carbonyl (C=O) groups is 1. The number of hydrogen-bond acceptors (Lipinski definition) is 9. The molecule has 2 atom stereocenters. The fraction of sp³-hybridized carbons (Fsp3) is 0.529. The molecule has 2 fully saturated rings. The number of ether oxygens (including phenoxy) is 4. The molecule has 9 nitrogen and oxygen atoms in total. The van der Waals surface area contributed by atoms with Crippen LogP contribution >= 0.6 is 11.3 Å². The van der Waals surface area contributed by atoms with Gasteiger partial charge in [0, 0.05) is 68.5 Å². The molecule has 0 radical (unpaired) electrons. The Hall–Kier alpha value is -3.18. The Kier molecular flexibility index (Phi) is 9.71. The maximum absolute atomic E-state index is 11.7. The molecule has 2 aromatic carbocycles. The van der Waals surface area contributed by atoms with Gasteiger partial charge in [0.25, 0.3) is 0 Å². The maximum atomic E-state index is 11.7. The van der Waals surface area contributed by atoms with Crippen LogP contribution in [0.5, 0.6) is 11.5 Å². The normalized spacial score (nSPS) is 21.2. The molecule has 0 aliphatic carbocycles. The summed E-state index contributed by atoms with van der Waals surface area (Å²) in [5.41, 5.74) is 6.58. The van der Waals surface area contributed by atoms with Crippen molar-refractivity contribution in [2.45, 2.75) is 64.8 Å². The SMILES string of the molecule is CCO[C@H]1CN(c2nc(-c3cccc(C)c3OCc3cc4c(c(OC)c3)CN(C3CCOCC3)CC4)cs2)CC[C@H]1C(=O)O. The Morgan fingerprint density at radius 2 is 2.02 bits per heavy atom. The number of hydrogen-bond donors (Lipinski definition) is 1. The van der Waals surface area contributed by atoms with E-state index < -0.39 is 11.9 Å². The van der Waals surface area contributed by atoms with E-state index in [-0.39, 0.29) is 6.10 Å². The van der Waals surface area contributed by atoms with Gasteiger partial charge in [-0.15, -0.1) is 11.3 Å². The number of anilines is 1. The lowest BCUT2D eigenvalue weighted by Crippen LogP contribution is -2.48. The van der Waals surface area contributed by atoms with Gasteiger partial charge in [0.2, 0.25) is 0 Å². The van der Waals surface area contributed by atoms with Crippen molar-refractivity contribution < 1.29 is 28.8 Å². The minimum atomic E-state index is -0.794. The first-order chi connectivity index (χ1) is 21.4. The summed E-state index contributed by atoms with van der Waals surface area (Å²) in [5.74, 6) is 0.473. The molecule has 1 N–H and O–H groups in total. The van der Waals surface area contributed by atoms with Crippen molar-refractivity contribution >= 4 is 22.4 Å². The van der Waals surface area contributed by atoms with Crippen LogP contribution in [-0.2, 0) is 33.8 Å². The number of aromatic nitrogens is 1. The van der Waals surface area contributed by atoms with E-state index in [1.165, 1.54) is 11.1 Å². The van der Waals surface area contributed by atoms with Crippen molar-refractivity contribution in [2.75, 3.05) is 51.5 Å². The molecule has 10 heteroatoms. The minimum Gasteiger partial charge on any atom is -0.496 e. The number of fused-ring (bicyclic) bond motifs is 1. The number of methoxy groups -OCH3 is 1. The number of carboxylic acid groups (broad SMARTS) is 1. The first-order valence-corrected chi connectivity index (χ1v) is 16.6. The van der Waals surface area contributed by atoms with Gasteiger partial charge in [-0.2, -0.15) is 0 Å². The summed E-state index contributed by atoms with van der Waals surface area (Å²) in [7, 11) is 1.76. The summed E-state index contributed by atoms with van der Waals surface area (Å²) in [6, 6.07) is 11.1. The number of para-hydroxylation sites is 1. The number of nitrogens with zero attached hydrogens (tertiary/aromatic N) is 3. The highest BCUT2D eigenvalue weighted by Gasteiger charge is 2.36. The van der Waals surface area contributed by atoms with Gasteiger partial charge in [-0.1, -0.05) is 18.2 Å². The van der Waals surface area contributed by atoms with Crippen molar-refractivity contribution in [1.82, 2.24) is 9.88 Å². The number of aliphatic carboxylic acids is 1. The second kappa shape index (κ2) is 13.9. The van der Waals surface area contributed by atoms with Crippen LogP contribution in [0.1, 0.15) is 48.4 Å². The summed E-state index contributed by atoms with van der Waals surface area (Å²) in [5, 5.41) is 12.6. The molecule has 0 saturated carbocycles. The van der Waals surface area contributed by atoms with Gasteiger partial charge < -0.3 is 29.0 Å². The molecule has 44 heavy (non-hydrogen) atoms. The number of carboxylic acids is 1. The van der Waals surface area contributed by atoms with Gasteiger partial charge in [0.1, 0.15) is 18.1 Å². The zero-order chi connectivity index (χ0) is 30.6. The van der Waals surface area contributed by atoms with E-state index in [1.54, 1.807) is 18.4 Å². The van der Waals surface area contributed by atoms with Crippen LogP contribution in [0.4, 0.5) is 5.13 Å². The second-order valence-electron chi connectivity index (χ2n) is 11.9. The van der Waals surface area contributed by atoms with Crippen LogP contribution in [0.15, 0.2) is 35.7 Å². The molecular weight excluding hydrogens is 578 g/mol. The lowest BCUT2D eigenvalue weighted by atomic mass is 9.94. The standard InChI is InChI=1S/C34H43N3O6S/c1-4-42-31-19-37(13-9-27(31)33(38)39)34-35-29(21-44-34)26-7-5-6-22(2)32(26)43-20-23-16-24-8-12-36(25-10-14-41-15-11-25)18-28(24)30(17-23)40-3/h5-7,16-17,21,25,27,31H,4,8-15,18-20H2,1-3H3,(H,38,39)/t27-,31+/m1/s1. The fourth-order valence-corrected chi connectivity index (χ4v) is 7.70. The smallest absolute Gasteiger partial charge is 0.309 e. The van der Waals surface area contributed by atoms with Gasteiger partial charge in [-0.25, -0.2) is 4.98 Å². The first-order valence-electron chi connectivity index (χ1n) is 15.7. The zero-order valence-corrected chi connectivity index (χ0v) is 26.7. The molecule has 0 bridgehead atoms. The number of aryl methyl sites for hydroxylation is 1. The van der Waals surface area contributed by atoms with Crippen molar-refractivity contribution in [3.05, 3.63) is 58.0 Å². The van der Waals surface area contributed by atoms with Gasteiger partial charge in [-0.3, -0.25) is 9.69 Å². The molecule has 0 unspecified atom stereocenters. The van der Waals surface area contributed by atoms with Crippen LogP contribution in [0.25, 0.3) is 11.3 Å². The molecule has 3 aliphatic heterocycles. The monoisotopic (exact) mass is 621 g/mol. The zero-order valence-electron chi connectivity index (χ0n) is 25.9. The van der Waals surface area contributed by atoms with E-state index in [2.05, 4.69) is 46.4 Å². The Morgan fingerprint density at radius 1 is 1.18 bits per heavy atom. The molecular formula is C34H43N3O6S. The minimum absolute atomic E-state index is 0.352. The maximum Gasteiger partial charge on any atom is 0.309 e. The summed E-state index contributed by atoms with van der Waals surface area (Å²) >= 11 is 1.57.